The monoisotopic (exact) mass is 650 g/mol. The fourth-order valence-electron chi connectivity index (χ4n) is 7.63. The van der Waals surface area contributed by atoms with Crippen LogP contribution in [0.5, 0.6) is 0 Å². The lowest BCUT2D eigenvalue weighted by Gasteiger charge is -2.42. The standard InChI is InChI=1S/C43H46N4O2/c1-32(36-14-9-15-38(30-36)40-16-7-8-17-41(40)43(49)46-26-22-44-23-27-46)47(39-20-24-45(25-21-39)31-33-10-3-2-4-11-33)42(48)29-34-18-19-35-12-5-6-13-37(35)28-34/h2-19,28,30,32,39,44H,20-27,29,31H2,1H3. The van der Waals surface area contributed by atoms with Crippen LogP contribution in [0.3, 0.4) is 0 Å². The molecule has 1 unspecified atom stereocenters. The number of amides is 2. The van der Waals surface area contributed by atoms with E-state index in [9.17, 15) is 9.59 Å². The third-order valence-electron chi connectivity index (χ3n) is 10.3. The highest BCUT2D eigenvalue weighted by molar-refractivity contribution is 6.01. The van der Waals surface area contributed by atoms with Crippen molar-refractivity contribution < 1.29 is 9.59 Å². The average molecular weight is 651 g/mol. The molecule has 2 heterocycles. The first-order valence-corrected chi connectivity index (χ1v) is 17.8. The molecule has 5 aromatic rings. The van der Waals surface area contributed by atoms with E-state index < -0.39 is 0 Å². The SMILES string of the molecule is CC(c1cccc(-c2ccccc2C(=O)N2CCNCC2)c1)N(C(=O)Cc1ccc2ccccc2c1)C1CCN(Cc2ccccc2)CC1. The number of rotatable bonds is 9. The van der Waals surface area contributed by atoms with E-state index in [1.165, 1.54) is 10.9 Å². The molecular formula is C43H46N4O2. The van der Waals surface area contributed by atoms with E-state index in [4.69, 9.17) is 0 Å². The van der Waals surface area contributed by atoms with Crippen molar-refractivity contribution in [3.8, 4) is 11.1 Å². The van der Waals surface area contributed by atoms with Crippen LogP contribution in [0.4, 0.5) is 0 Å². The first-order chi connectivity index (χ1) is 24.0. The zero-order chi connectivity index (χ0) is 33.6. The van der Waals surface area contributed by atoms with Crippen LogP contribution in [-0.2, 0) is 17.8 Å². The predicted molar refractivity (Wildman–Crippen MR) is 198 cm³/mol. The maximum Gasteiger partial charge on any atom is 0.254 e. The fraction of sp³-hybridized carbons (Fsp3) is 0.302. The largest absolute Gasteiger partial charge is 0.336 e. The number of nitrogens with one attached hydrogen (secondary N) is 1. The molecule has 2 fully saturated rings. The van der Waals surface area contributed by atoms with Crippen LogP contribution in [-0.4, -0.2) is 71.8 Å². The van der Waals surface area contributed by atoms with Gasteiger partial charge in [0.2, 0.25) is 5.91 Å². The van der Waals surface area contributed by atoms with Gasteiger partial charge in [-0.1, -0.05) is 109 Å². The molecule has 0 aliphatic carbocycles. The molecule has 0 bridgehead atoms. The number of piperidine rings is 1. The minimum absolute atomic E-state index is 0.0741. The Hall–Kier alpha value is -4.78. The van der Waals surface area contributed by atoms with Gasteiger partial charge in [0.1, 0.15) is 0 Å². The van der Waals surface area contributed by atoms with Crippen LogP contribution in [0.15, 0.2) is 121 Å². The molecule has 2 aliphatic heterocycles. The van der Waals surface area contributed by atoms with Crippen molar-refractivity contribution in [2.45, 2.75) is 44.8 Å². The highest BCUT2D eigenvalue weighted by atomic mass is 16.2. The Morgan fingerprint density at radius 1 is 0.735 bits per heavy atom. The maximum atomic E-state index is 14.5. The van der Waals surface area contributed by atoms with Crippen molar-refractivity contribution in [2.24, 2.45) is 0 Å². The molecule has 6 nitrogen and oxygen atoms in total. The van der Waals surface area contributed by atoms with Crippen LogP contribution < -0.4 is 5.32 Å². The van der Waals surface area contributed by atoms with E-state index in [1.54, 1.807) is 0 Å². The van der Waals surface area contributed by atoms with Gasteiger partial charge in [0, 0.05) is 57.4 Å². The van der Waals surface area contributed by atoms with E-state index >= 15 is 0 Å². The quantitative estimate of drug-likeness (QED) is 0.181. The average Bonchev–Trinajstić information content (AvgIpc) is 3.16. The summed E-state index contributed by atoms with van der Waals surface area (Å²) in [6.45, 7) is 8.06. The summed E-state index contributed by atoms with van der Waals surface area (Å²) in [5.74, 6) is 0.231. The first kappa shape index (κ1) is 32.8. The van der Waals surface area contributed by atoms with Crippen molar-refractivity contribution in [2.75, 3.05) is 39.3 Å². The number of hydrogen-bond donors (Lipinski definition) is 1. The van der Waals surface area contributed by atoms with E-state index in [2.05, 4.69) is 107 Å². The van der Waals surface area contributed by atoms with Gasteiger partial charge < -0.3 is 15.1 Å². The molecule has 0 radical (unpaired) electrons. The lowest BCUT2D eigenvalue weighted by molar-refractivity contribution is -0.136. The van der Waals surface area contributed by atoms with Gasteiger partial charge >= 0.3 is 0 Å². The highest BCUT2D eigenvalue weighted by Gasteiger charge is 2.32. The smallest absolute Gasteiger partial charge is 0.254 e. The van der Waals surface area contributed by atoms with Gasteiger partial charge in [-0.2, -0.15) is 0 Å². The molecular weight excluding hydrogens is 604 g/mol. The predicted octanol–water partition coefficient (Wildman–Crippen LogP) is 7.35. The molecule has 49 heavy (non-hydrogen) atoms. The van der Waals surface area contributed by atoms with Crippen molar-refractivity contribution >= 4 is 22.6 Å². The van der Waals surface area contributed by atoms with Gasteiger partial charge in [-0.3, -0.25) is 14.5 Å². The minimum Gasteiger partial charge on any atom is -0.336 e. The minimum atomic E-state index is -0.130. The van der Waals surface area contributed by atoms with Crippen LogP contribution in [0, 0.1) is 0 Å². The summed E-state index contributed by atoms with van der Waals surface area (Å²) in [6.07, 6.45) is 2.23. The number of piperazine rings is 1. The first-order valence-electron chi connectivity index (χ1n) is 17.8. The summed E-state index contributed by atoms with van der Waals surface area (Å²) in [4.78, 5) is 34.7. The lowest BCUT2D eigenvalue weighted by Crippen LogP contribution is -2.48. The highest BCUT2D eigenvalue weighted by Crippen LogP contribution is 2.33. The summed E-state index contributed by atoms with van der Waals surface area (Å²) in [5, 5.41) is 5.68. The lowest BCUT2D eigenvalue weighted by atomic mass is 9.93. The van der Waals surface area contributed by atoms with Crippen LogP contribution in [0.1, 0.15) is 52.9 Å². The van der Waals surface area contributed by atoms with Crippen LogP contribution in [0.25, 0.3) is 21.9 Å². The van der Waals surface area contributed by atoms with E-state index in [-0.39, 0.29) is 23.9 Å². The second-order valence-electron chi connectivity index (χ2n) is 13.5. The Labute approximate surface area is 290 Å². The Morgan fingerprint density at radius 3 is 2.24 bits per heavy atom. The van der Waals surface area contributed by atoms with E-state index in [1.807, 2.05) is 41.3 Å². The molecule has 1 N–H and O–H groups in total. The zero-order valence-corrected chi connectivity index (χ0v) is 28.4. The Bertz CT molecular complexity index is 1890. The molecule has 0 spiro atoms. The second kappa shape index (κ2) is 15.2. The summed E-state index contributed by atoms with van der Waals surface area (Å²) in [5.41, 5.74) is 6.11. The zero-order valence-electron chi connectivity index (χ0n) is 28.4. The maximum absolute atomic E-state index is 14.5. The number of hydrogen-bond acceptors (Lipinski definition) is 4. The molecule has 2 aliphatic rings. The fourth-order valence-corrected chi connectivity index (χ4v) is 7.63. The summed E-state index contributed by atoms with van der Waals surface area (Å²) in [7, 11) is 0. The number of likely N-dealkylation sites (tertiary alicyclic amines) is 1. The summed E-state index contributed by atoms with van der Waals surface area (Å²) >= 11 is 0. The summed E-state index contributed by atoms with van der Waals surface area (Å²) in [6, 6.07) is 41.8. The topological polar surface area (TPSA) is 55.9 Å². The Balaban J connectivity index is 1.16. The van der Waals surface area contributed by atoms with Crippen molar-refractivity contribution in [1.82, 2.24) is 20.0 Å². The number of nitrogens with zero attached hydrogens (tertiary/aromatic N) is 3. The Kier molecular flexibility index (Phi) is 10.2. The molecule has 5 aromatic carbocycles. The molecule has 2 amide bonds. The number of carbonyl (C=O) groups is 2. The second-order valence-corrected chi connectivity index (χ2v) is 13.5. The number of carbonyl (C=O) groups excluding carboxylic acids is 2. The Morgan fingerprint density at radius 2 is 1.45 bits per heavy atom. The molecule has 0 saturated carbocycles. The molecule has 0 aromatic heterocycles. The third kappa shape index (κ3) is 7.61. The van der Waals surface area contributed by atoms with Gasteiger partial charge in [0.15, 0.2) is 0 Å². The van der Waals surface area contributed by atoms with Crippen molar-refractivity contribution in [1.29, 1.82) is 0 Å². The molecule has 6 heteroatoms. The number of fused-ring (bicyclic) bond motifs is 1. The third-order valence-corrected chi connectivity index (χ3v) is 10.3. The normalized spacial score (nSPS) is 16.4. The van der Waals surface area contributed by atoms with Gasteiger partial charge in [0.25, 0.3) is 5.91 Å². The van der Waals surface area contributed by atoms with Crippen LogP contribution in [0.2, 0.25) is 0 Å². The van der Waals surface area contributed by atoms with Gasteiger partial charge in [-0.05, 0) is 70.5 Å². The molecule has 250 valence electrons. The van der Waals surface area contributed by atoms with Gasteiger partial charge in [0.05, 0.1) is 12.5 Å². The van der Waals surface area contributed by atoms with Gasteiger partial charge in [-0.25, -0.2) is 0 Å². The van der Waals surface area contributed by atoms with E-state index in [0.717, 1.165) is 78.8 Å². The summed E-state index contributed by atoms with van der Waals surface area (Å²) < 4.78 is 0. The number of benzene rings is 5. The van der Waals surface area contributed by atoms with E-state index in [0.29, 0.717) is 19.5 Å². The molecule has 1 atom stereocenters. The van der Waals surface area contributed by atoms with Gasteiger partial charge in [-0.15, -0.1) is 0 Å². The molecule has 7 rings (SSSR count). The molecule has 2 saturated heterocycles. The van der Waals surface area contributed by atoms with Crippen molar-refractivity contribution in [3.63, 3.8) is 0 Å². The van der Waals surface area contributed by atoms with Crippen LogP contribution >= 0.6 is 0 Å². The van der Waals surface area contributed by atoms with Crippen molar-refractivity contribution in [3.05, 3.63) is 144 Å².